The predicted octanol–water partition coefficient (Wildman–Crippen LogP) is 1.82. The fourth-order valence-electron chi connectivity index (χ4n) is 2.14. The minimum atomic E-state index is 0.208. The Morgan fingerprint density at radius 2 is 2.29 bits per heavy atom. The number of thioether (sulfide) groups is 1. The van der Waals surface area contributed by atoms with E-state index >= 15 is 0 Å². The topological polar surface area (TPSA) is 41.5 Å². The van der Waals surface area contributed by atoms with Gasteiger partial charge in [-0.1, -0.05) is 25.1 Å². The lowest BCUT2D eigenvalue weighted by Crippen LogP contribution is -2.37. The second kappa shape index (κ2) is 5.76. The molecule has 0 fully saturated rings. The van der Waals surface area contributed by atoms with E-state index in [1.807, 2.05) is 32.2 Å². The predicted molar refractivity (Wildman–Crippen MR) is 71.7 cm³/mol. The van der Waals surface area contributed by atoms with Gasteiger partial charge in [-0.15, -0.1) is 11.8 Å². The molecular weight excluding hydrogens is 234 g/mol. The fraction of sp³-hybridized carbons (Fsp3) is 0.538. The minimum absolute atomic E-state index is 0.208. The van der Waals surface area contributed by atoms with E-state index in [0.29, 0.717) is 17.9 Å². The van der Waals surface area contributed by atoms with E-state index < -0.39 is 0 Å². The van der Waals surface area contributed by atoms with Gasteiger partial charge in [0.1, 0.15) is 12.4 Å². The molecule has 0 saturated carbocycles. The Kier molecular flexibility index (Phi) is 4.31. The van der Waals surface area contributed by atoms with E-state index in [-0.39, 0.29) is 11.9 Å². The molecule has 0 spiro atoms. The van der Waals surface area contributed by atoms with Gasteiger partial charge in [0.25, 0.3) is 0 Å². The summed E-state index contributed by atoms with van der Waals surface area (Å²) in [5.41, 5.74) is 1.21. The van der Waals surface area contributed by atoms with Gasteiger partial charge in [0.15, 0.2) is 0 Å². The zero-order valence-electron chi connectivity index (χ0n) is 10.2. The van der Waals surface area contributed by atoms with Crippen molar-refractivity contribution in [2.45, 2.75) is 23.5 Å². The molecule has 3 unspecified atom stereocenters. The van der Waals surface area contributed by atoms with Crippen molar-refractivity contribution in [3.63, 3.8) is 0 Å². The van der Waals surface area contributed by atoms with Crippen LogP contribution < -0.4 is 10.1 Å². The molecule has 3 nitrogen and oxygen atoms in total. The lowest BCUT2D eigenvalue weighted by atomic mass is 10.0. The summed E-state index contributed by atoms with van der Waals surface area (Å²) in [4.78, 5) is 0. The Morgan fingerprint density at radius 3 is 3.00 bits per heavy atom. The highest BCUT2D eigenvalue weighted by molar-refractivity contribution is 8.00. The smallest absolute Gasteiger partial charge is 0.124 e. The quantitative estimate of drug-likeness (QED) is 0.859. The molecule has 1 aromatic carbocycles. The zero-order valence-corrected chi connectivity index (χ0v) is 11.0. The Hall–Kier alpha value is -0.710. The Labute approximate surface area is 107 Å². The van der Waals surface area contributed by atoms with Crippen LogP contribution in [0, 0.1) is 0 Å². The molecule has 17 heavy (non-hydrogen) atoms. The third-order valence-corrected chi connectivity index (χ3v) is 4.38. The first-order chi connectivity index (χ1) is 8.26. The van der Waals surface area contributed by atoms with Crippen LogP contribution in [0.3, 0.4) is 0 Å². The van der Waals surface area contributed by atoms with E-state index in [9.17, 15) is 0 Å². The van der Waals surface area contributed by atoms with Crippen LogP contribution in [0.1, 0.15) is 18.5 Å². The second-order valence-electron chi connectivity index (χ2n) is 4.28. The van der Waals surface area contributed by atoms with Gasteiger partial charge in [-0.05, 0) is 13.1 Å². The summed E-state index contributed by atoms with van der Waals surface area (Å²) < 4.78 is 5.77. The third-order valence-electron chi connectivity index (χ3n) is 3.00. The normalized spacial score (nSPS) is 24.9. The summed E-state index contributed by atoms with van der Waals surface area (Å²) in [5, 5.41) is 13.1. The van der Waals surface area contributed by atoms with E-state index in [2.05, 4.69) is 11.4 Å². The first-order valence-corrected chi connectivity index (χ1v) is 6.86. The molecule has 0 radical (unpaired) electrons. The summed E-state index contributed by atoms with van der Waals surface area (Å²) >= 11 is 1.78. The zero-order chi connectivity index (χ0) is 12.3. The molecule has 3 atom stereocenters. The molecular formula is C13H19NO2S. The van der Waals surface area contributed by atoms with Crippen LogP contribution in [0.2, 0.25) is 0 Å². The van der Waals surface area contributed by atoms with Gasteiger partial charge in [0.2, 0.25) is 0 Å². The van der Waals surface area contributed by atoms with Crippen molar-refractivity contribution in [3.8, 4) is 5.75 Å². The summed E-state index contributed by atoms with van der Waals surface area (Å²) in [6, 6.07) is 8.44. The van der Waals surface area contributed by atoms with Crippen molar-refractivity contribution in [2.24, 2.45) is 0 Å². The van der Waals surface area contributed by atoms with Crippen molar-refractivity contribution in [3.05, 3.63) is 29.8 Å². The maximum absolute atomic E-state index is 9.14. The number of benzene rings is 1. The molecule has 1 heterocycles. The van der Waals surface area contributed by atoms with Crippen LogP contribution >= 0.6 is 11.8 Å². The van der Waals surface area contributed by atoms with Crippen LogP contribution in [0.4, 0.5) is 0 Å². The number of para-hydroxylation sites is 1. The maximum Gasteiger partial charge on any atom is 0.124 e. The molecule has 2 rings (SSSR count). The maximum atomic E-state index is 9.14. The van der Waals surface area contributed by atoms with Crippen molar-refractivity contribution < 1.29 is 9.84 Å². The van der Waals surface area contributed by atoms with Crippen LogP contribution in [-0.4, -0.2) is 35.9 Å². The van der Waals surface area contributed by atoms with Gasteiger partial charge in [-0.25, -0.2) is 0 Å². The highest BCUT2D eigenvalue weighted by Gasteiger charge is 2.30. The average Bonchev–Trinajstić information content (AvgIpc) is 2.38. The van der Waals surface area contributed by atoms with Gasteiger partial charge in [0, 0.05) is 10.8 Å². The van der Waals surface area contributed by atoms with E-state index in [1.165, 1.54) is 5.56 Å². The van der Waals surface area contributed by atoms with E-state index in [1.54, 1.807) is 11.8 Å². The minimum Gasteiger partial charge on any atom is -0.492 e. The molecule has 0 amide bonds. The van der Waals surface area contributed by atoms with Crippen LogP contribution in [0.25, 0.3) is 0 Å². The first-order valence-electron chi connectivity index (χ1n) is 5.91. The van der Waals surface area contributed by atoms with Crippen molar-refractivity contribution in [2.75, 3.05) is 20.3 Å². The molecule has 0 bridgehead atoms. The van der Waals surface area contributed by atoms with Crippen LogP contribution in [-0.2, 0) is 0 Å². The SMILES string of the molecule is CNC1c2ccccc2OCC1SC(C)CO. The van der Waals surface area contributed by atoms with Crippen LogP contribution in [0.5, 0.6) is 5.75 Å². The Balaban J connectivity index is 2.17. The van der Waals surface area contributed by atoms with Gasteiger partial charge >= 0.3 is 0 Å². The monoisotopic (exact) mass is 253 g/mol. The average molecular weight is 253 g/mol. The van der Waals surface area contributed by atoms with Crippen molar-refractivity contribution in [1.82, 2.24) is 5.32 Å². The molecule has 2 N–H and O–H groups in total. The van der Waals surface area contributed by atoms with E-state index in [4.69, 9.17) is 9.84 Å². The lowest BCUT2D eigenvalue weighted by molar-refractivity contribution is 0.262. The third kappa shape index (κ3) is 2.76. The number of hydrogen-bond acceptors (Lipinski definition) is 4. The first kappa shape index (κ1) is 12.7. The molecule has 4 heteroatoms. The lowest BCUT2D eigenvalue weighted by Gasteiger charge is -2.34. The number of ether oxygens (including phenoxy) is 1. The largest absolute Gasteiger partial charge is 0.492 e. The molecule has 0 aliphatic carbocycles. The Bertz CT molecular complexity index is 372. The molecule has 1 aliphatic heterocycles. The number of fused-ring (bicyclic) bond motifs is 1. The highest BCUT2D eigenvalue weighted by Crippen LogP contribution is 2.38. The summed E-state index contributed by atoms with van der Waals surface area (Å²) in [7, 11) is 1.98. The van der Waals surface area contributed by atoms with Gasteiger partial charge in [-0.2, -0.15) is 0 Å². The second-order valence-corrected chi connectivity index (χ2v) is 5.97. The molecule has 94 valence electrons. The van der Waals surface area contributed by atoms with Crippen molar-refractivity contribution >= 4 is 11.8 Å². The van der Waals surface area contributed by atoms with Gasteiger partial charge in [-0.3, -0.25) is 0 Å². The number of rotatable bonds is 4. The number of aliphatic hydroxyl groups is 1. The number of nitrogens with one attached hydrogen (secondary N) is 1. The number of hydrogen-bond donors (Lipinski definition) is 2. The summed E-state index contributed by atoms with van der Waals surface area (Å²) in [5.74, 6) is 0.973. The molecule has 1 aromatic rings. The molecule has 0 aromatic heterocycles. The fourth-order valence-corrected chi connectivity index (χ4v) is 3.41. The molecule has 1 aliphatic rings. The van der Waals surface area contributed by atoms with Crippen molar-refractivity contribution in [1.29, 1.82) is 0 Å². The van der Waals surface area contributed by atoms with E-state index in [0.717, 1.165) is 5.75 Å². The highest BCUT2D eigenvalue weighted by atomic mass is 32.2. The summed E-state index contributed by atoms with van der Waals surface area (Å²) in [6.07, 6.45) is 0. The summed E-state index contributed by atoms with van der Waals surface area (Å²) in [6.45, 7) is 2.94. The number of aliphatic hydroxyl groups excluding tert-OH is 1. The molecule has 0 saturated heterocycles. The van der Waals surface area contributed by atoms with Gasteiger partial charge in [0.05, 0.1) is 17.9 Å². The van der Waals surface area contributed by atoms with Gasteiger partial charge < -0.3 is 15.2 Å². The standard InChI is InChI=1S/C13H19NO2S/c1-9(7-15)17-12-8-16-11-6-4-3-5-10(11)13(12)14-2/h3-6,9,12-15H,7-8H2,1-2H3. The van der Waals surface area contributed by atoms with Crippen LogP contribution in [0.15, 0.2) is 24.3 Å². The Morgan fingerprint density at radius 1 is 1.53 bits per heavy atom.